The molecule has 0 heterocycles. The molecule has 2 rings (SSSR count). The van der Waals surface area contributed by atoms with E-state index in [1.807, 2.05) is 20.8 Å². The minimum Gasteiger partial charge on any atom is -0.393 e. The van der Waals surface area contributed by atoms with Crippen LogP contribution in [-0.2, 0) is 4.79 Å². The van der Waals surface area contributed by atoms with Gasteiger partial charge in [0.25, 0.3) is 0 Å². The lowest BCUT2D eigenvalue weighted by Crippen LogP contribution is -2.65. The van der Waals surface area contributed by atoms with Crippen molar-refractivity contribution in [3.8, 4) is 0 Å². The average Bonchev–Trinajstić information content (AvgIpc) is 2.22. The molecule has 1 saturated carbocycles. The van der Waals surface area contributed by atoms with Gasteiger partial charge in [-0.2, -0.15) is 0 Å². The third-order valence-corrected chi connectivity index (χ3v) is 5.31. The number of carbonyl (C=O) groups excluding carboxylic acids is 1. The van der Waals surface area contributed by atoms with Gasteiger partial charge in [-0.1, -0.05) is 20.8 Å². The number of aliphatic hydroxyl groups excluding tert-OH is 2. The lowest BCUT2D eigenvalue weighted by molar-refractivity contribution is -0.186. The van der Waals surface area contributed by atoms with Crippen molar-refractivity contribution in [3.63, 3.8) is 0 Å². The van der Waals surface area contributed by atoms with Gasteiger partial charge in [-0.25, -0.2) is 0 Å². The topological polar surface area (TPSA) is 77.8 Å². The van der Waals surface area contributed by atoms with Crippen LogP contribution in [-0.4, -0.2) is 39.4 Å². The van der Waals surface area contributed by atoms with Crippen molar-refractivity contribution in [1.82, 2.24) is 0 Å². The van der Waals surface area contributed by atoms with Gasteiger partial charge in [0.05, 0.1) is 12.7 Å². The lowest BCUT2D eigenvalue weighted by atomic mass is 9.46. The number of hydrogen-bond acceptors (Lipinski definition) is 4. The molecule has 0 bridgehead atoms. The maximum Gasteiger partial charge on any atom is 0.160 e. The van der Waals surface area contributed by atoms with Gasteiger partial charge >= 0.3 is 0 Å². The highest BCUT2D eigenvalue weighted by Gasteiger charge is 2.63. The van der Waals surface area contributed by atoms with Crippen molar-refractivity contribution in [3.05, 3.63) is 11.6 Å². The quantitative estimate of drug-likeness (QED) is 0.664. The van der Waals surface area contributed by atoms with E-state index in [2.05, 4.69) is 0 Å². The van der Waals surface area contributed by atoms with Gasteiger partial charge in [-0.15, -0.1) is 0 Å². The Hall–Kier alpha value is -0.710. The van der Waals surface area contributed by atoms with Crippen LogP contribution in [0.2, 0.25) is 0 Å². The van der Waals surface area contributed by atoms with Crippen molar-refractivity contribution in [2.45, 2.75) is 52.2 Å². The Kier molecular flexibility index (Phi) is 3.20. The van der Waals surface area contributed by atoms with Crippen molar-refractivity contribution < 1.29 is 20.1 Å². The van der Waals surface area contributed by atoms with Crippen LogP contribution in [0.3, 0.4) is 0 Å². The minimum atomic E-state index is -1.44. The largest absolute Gasteiger partial charge is 0.393 e. The predicted molar refractivity (Wildman–Crippen MR) is 71.4 cm³/mol. The lowest BCUT2D eigenvalue weighted by Gasteiger charge is -2.59. The van der Waals surface area contributed by atoms with E-state index in [1.54, 1.807) is 6.92 Å². The van der Waals surface area contributed by atoms with Crippen LogP contribution >= 0.6 is 0 Å². The Balaban J connectivity index is 2.64. The van der Waals surface area contributed by atoms with E-state index in [4.69, 9.17) is 0 Å². The molecule has 0 aromatic carbocycles. The van der Waals surface area contributed by atoms with Crippen LogP contribution in [0.15, 0.2) is 11.6 Å². The summed E-state index contributed by atoms with van der Waals surface area (Å²) >= 11 is 0. The summed E-state index contributed by atoms with van der Waals surface area (Å²) in [7, 11) is 0. The van der Waals surface area contributed by atoms with Crippen LogP contribution < -0.4 is 0 Å². The SMILES string of the molecule is CC1=CC(=O)[C@H]2C(C)(C)CC(O)C[C@]2(C)[C@@]1(O)CO. The van der Waals surface area contributed by atoms with E-state index in [1.165, 1.54) is 6.08 Å². The summed E-state index contributed by atoms with van der Waals surface area (Å²) in [6.45, 7) is 6.94. The molecule has 4 nitrogen and oxygen atoms in total. The molecule has 19 heavy (non-hydrogen) atoms. The number of allylic oxidation sites excluding steroid dienone is 1. The smallest absolute Gasteiger partial charge is 0.160 e. The number of hydrogen-bond donors (Lipinski definition) is 3. The Morgan fingerprint density at radius 2 is 1.89 bits per heavy atom. The first-order valence-electron chi connectivity index (χ1n) is 6.82. The maximum absolute atomic E-state index is 12.4. The number of ketones is 1. The molecule has 4 atom stereocenters. The molecule has 0 saturated heterocycles. The minimum absolute atomic E-state index is 0.00461. The summed E-state index contributed by atoms with van der Waals surface area (Å²) < 4.78 is 0. The van der Waals surface area contributed by atoms with Gasteiger partial charge < -0.3 is 15.3 Å². The average molecular weight is 268 g/mol. The molecule has 1 unspecified atom stereocenters. The van der Waals surface area contributed by atoms with Crippen molar-refractivity contribution in [2.75, 3.05) is 6.61 Å². The Morgan fingerprint density at radius 3 is 2.42 bits per heavy atom. The highest BCUT2D eigenvalue weighted by molar-refractivity contribution is 5.95. The molecule has 108 valence electrons. The summed E-state index contributed by atoms with van der Waals surface area (Å²) in [5, 5.41) is 30.7. The second-order valence-corrected chi connectivity index (χ2v) is 7.15. The molecule has 0 radical (unpaired) electrons. The summed E-state index contributed by atoms with van der Waals surface area (Å²) in [4.78, 5) is 12.4. The van der Waals surface area contributed by atoms with Gasteiger partial charge in [0.15, 0.2) is 5.78 Å². The molecule has 2 aliphatic carbocycles. The van der Waals surface area contributed by atoms with Crippen molar-refractivity contribution in [2.24, 2.45) is 16.7 Å². The van der Waals surface area contributed by atoms with Gasteiger partial charge in [0.1, 0.15) is 5.60 Å². The number of carbonyl (C=O) groups is 1. The first-order chi connectivity index (χ1) is 8.58. The molecule has 3 N–H and O–H groups in total. The molecule has 0 amide bonds. The second-order valence-electron chi connectivity index (χ2n) is 7.15. The number of aliphatic hydroxyl groups is 3. The predicted octanol–water partition coefficient (Wildman–Crippen LogP) is 1.04. The van der Waals surface area contributed by atoms with E-state index in [9.17, 15) is 20.1 Å². The standard InChI is InChI=1S/C15H24O4/c1-9-5-11(18)12-13(2,3)6-10(17)7-14(12,4)15(9,19)8-16/h5,10,12,16-17,19H,6-8H2,1-4H3/t10?,12-,14-,15+/m0/s1. The van der Waals surface area contributed by atoms with Gasteiger partial charge in [0, 0.05) is 11.3 Å². The second kappa shape index (κ2) is 4.14. The zero-order valence-corrected chi connectivity index (χ0v) is 12.1. The van der Waals surface area contributed by atoms with E-state index in [0.717, 1.165) is 0 Å². The summed E-state index contributed by atoms with van der Waals surface area (Å²) in [6, 6.07) is 0. The normalized spacial score (nSPS) is 45.6. The van der Waals surface area contributed by atoms with Crippen LogP contribution in [0.1, 0.15) is 40.5 Å². The van der Waals surface area contributed by atoms with E-state index >= 15 is 0 Å². The molecule has 0 aliphatic heterocycles. The highest BCUT2D eigenvalue weighted by atomic mass is 16.3. The number of rotatable bonds is 1. The third kappa shape index (κ3) is 1.81. The Morgan fingerprint density at radius 1 is 1.32 bits per heavy atom. The first kappa shape index (κ1) is 14.7. The fraction of sp³-hybridized carbons (Fsp3) is 0.800. The third-order valence-electron chi connectivity index (χ3n) is 5.31. The van der Waals surface area contributed by atoms with E-state index < -0.39 is 29.1 Å². The Bertz CT molecular complexity index is 439. The van der Waals surface area contributed by atoms with Crippen LogP contribution in [0.4, 0.5) is 0 Å². The van der Waals surface area contributed by atoms with Crippen LogP contribution in [0, 0.1) is 16.7 Å². The molecule has 1 fully saturated rings. The highest BCUT2D eigenvalue weighted by Crippen LogP contribution is 2.59. The fourth-order valence-electron chi connectivity index (χ4n) is 4.55. The summed E-state index contributed by atoms with van der Waals surface area (Å²) in [5.74, 6) is -0.390. The molecular weight excluding hydrogens is 244 g/mol. The molecule has 4 heteroatoms. The van der Waals surface area contributed by atoms with Gasteiger partial charge in [-0.3, -0.25) is 4.79 Å². The van der Waals surface area contributed by atoms with Crippen LogP contribution in [0.5, 0.6) is 0 Å². The van der Waals surface area contributed by atoms with Gasteiger partial charge in [0.2, 0.25) is 0 Å². The van der Waals surface area contributed by atoms with E-state index in [0.29, 0.717) is 18.4 Å². The molecule has 2 aliphatic rings. The molecule has 0 aromatic rings. The van der Waals surface area contributed by atoms with Crippen molar-refractivity contribution in [1.29, 1.82) is 0 Å². The molecule has 0 spiro atoms. The van der Waals surface area contributed by atoms with Crippen LogP contribution in [0.25, 0.3) is 0 Å². The first-order valence-corrected chi connectivity index (χ1v) is 6.82. The Labute approximate surface area is 114 Å². The zero-order valence-electron chi connectivity index (χ0n) is 12.1. The number of fused-ring (bicyclic) bond motifs is 1. The zero-order chi connectivity index (χ0) is 14.6. The molecular formula is C15H24O4. The summed E-state index contributed by atoms with van der Waals surface area (Å²) in [6.07, 6.45) is 1.76. The van der Waals surface area contributed by atoms with Crippen molar-refractivity contribution >= 4 is 5.78 Å². The summed E-state index contributed by atoms with van der Waals surface area (Å²) in [5.41, 5.74) is -2.18. The molecule has 0 aromatic heterocycles. The fourth-order valence-corrected chi connectivity index (χ4v) is 4.55. The van der Waals surface area contributed by atoms with E-state index in [-0.39, 0.29) is 11.7 Å². The van der Waals surface area contributed by atoms with Gasteiger partial charge in [-0.05, 0) is 36.8 Å². The maximum atomic E-state index is 12.4. The monoisotopic (exact) mass is 268 g/mol.